The molecule has 2 aliphatic carbocycles. The molecule has 0 aliphatic heterocycles. The number of rotatable bonds is 5. The van der Waals surface area contributed by atoms with Crippen LogP contribution in [0.15, 0.2) is 0 Å². The third kappa shape index (κ3) is 2.85. The van der Waals surface area contributed by atoms with Crippen LogP contribution >= 0.6 is 23.1 Å². The molecule has 0 bridgehead atoms. The van der Waals surface area contributed by atoms with E-state index in [2.05, 4.69) is 11.4 Å². The van der Waals surface area contributed by atoms with Gasteiger partial charge in [0.15, 0.2) is 0 Å². The minimum Gasteiger partial charge on any atom is -0.480 e. The number of hydrogen-bond acceptors (Lipinski definition) is 5. The first-order chi connectivity index (χ1) is 10.6. The summed E-state index contributed by atoms with van der Waals surface area (Å²) in [5.41, 5.74) is 1.68. The van der Waals surface area contributed by atoms with E-state index in [1.54, 1.807) is 0 Å². The molecule has 3 rings (SSSR count). The maximum Gasteiger partial charge on any atom is 0.319 e. The number of carbonyl (C=O) groups is 2. The summed E-state index contributed by atoms with van der Waals surface area (Å²) < 4.78 is -0.760. The van der Waals surface area contributed by atoms with Gasteiger partial charge in [0, 0.05) is 4.88 Å². The predicted octanol–water partition coefficient (Wildman–Crippen LogP) is 2.79. The van der Waals surface area contributed by atoms with Crippen LogP contribution in [0, 0.1) is 11.3 Å². The maximum atomic E-state index is 12.1. The Bertz CT molecular complexity index is 671. The summed E-state index contributed by atoms with van der Waals surface area (Å²) in [7, 11) is 0. The molecule has 116 valence electrons. The number of aliphatic carboxylic acids is 1. The molecule has 1 saturated carbocycles. The lowest BCUT2D eigenvalue weighted by molar-refractivity contribution is -0.137. The van der Waals surface area contributed by atoms with E-state index in [4.69, 9.17) is 5.11 Å². The summed E-state index contributed by atoms with van der Waals surface area (Å²) in [6.07, 6.45) is 5.34. The number of carbonyl (C=O) groups excluding carboxylic acids is 1. The summed E-state index contributed by atoms with van der Waals surface area (Å²) in [4.78, 5) is 24.4. The number of nitrogens with one attached hydrogen (secondary N) is 1. The topological polar surface area (TPSA) is 90.2 Å². The smallest absolute Gasteiger partial charge is 0.319 e. The molecule has 0 unspecified atom stereocenters. The van der Waals surface area contributed by atoms with Crippen LogP contribution in [0.5, 0.6) is 0 Å². The van der Waals surface area contributed by atoms with E-state index in [0.717, 1.165) is 31.2 Å². The fraction of sp³-hybridized carbons (Fsp3) is 0.533. The number of amides is 1. The minimum absolute atomic E-state index is 0.111. The number of carboxylic acids is 1. The van der Waals surface area contributed by atoms with E-state index < -0.39 is 10.7 Å². The molecule has 2 aliphatic rings. The standard InChI is InChI=1S/C15H16N2O3S2/c16-7-10-9-3-1-2-4-11(9)22-13(10)17-12(18)8-21-15(5-6-15)14(19)20/h1-6,8H2,(H,17,18)(H,19,20). The van der Waals surface area contributed by atoms with Crippen LogP contribution in [0.25, 0.3) is 0 Å². The van der Waals surface area contributed by atoms with Crippen molar-refractivity contribution in [2.45, 2.75) is 43.3 Å². The zero-order valence-corrected chi connectivity index (χ0v) is 13.6. The highest BCUT2D eigenvalue weighted by atomic mass is 32.2. The van der Waals surface area contributed by atoms with Crippen LogP contribution in [0.2, 0.25) is 0 Å². The van der Waals surface area contributed by atoms with E-state index in [1.807, 2.05) is 0 Å². The number of fused-ring (bicyclic) bond motifs is 1. The van der Waals surface area contributed by atoms with Gasteiger partial charge in [-0.25, -0.2) is 0 Å². The molecule has 7 heteroatoms. The van der Waals surface area contributed by atoms with Crippen molar-refractivity contribution in [3.8, 4) is 6.07 Å². The number of carboxylic acid groups (broad SMARTS) is 1. The lowest BCUT2D eigenvalue weighted by atomic mass is 9.96. The van der Waals surface area contributed by atoms with Gasteiger partial charge in [-0.05, 0) is 44.1 Å². The Balaban J connectivity index is 1.66. The van der Waals surface area contributed by atoms with E-state index in [9.17, 15) is 14.9 Å². The van der Waals surface area contributed by atoms with Crippen molar-refractivity contribution < 1.29 is 14.7 Å². The summed E-state index contributed by atoms with van der Waals surface area (Å²) in [6.45, 7) is 0. The fourth-order valence-corrected chi connectivity index (χ4v) is 4.92. The Hall–Kier alpha value is -1.52. The number of thioether (sulfide) groups is 1. The monoisotopic (exact) mass is 336 g/mol. The Morgan fingerprint density at radius 3 is 2.73 bits per heavy atom. The molecular formula is C15H16N2O3S2. The second kappa shape index (κ2) is 5.94. The number of anilines is 1. The third-order valence-corrected chi connectivity index (χ3v) is 6.86. The van der Waals surface area contributed by atoms with Crippen molar-refractivity contribution in [3.05, 3.63) is 16.0 Å². The van der Waals surface area contributed by atoms with E-state index in [1.165, 1.54) is 28.0 Å². The van der Waals surface area contributed by atoms with Gasteiger partial charge in [-0.1, -0.05) is 0 Å². The van der Waals surface area contributed by atoms with Crippen molar-refractivity contribution in [1.82, 2.24) is 0 Å². The van der Waals surface area contributed by atoms with Gasteiger partial charge < -0.3 is 10.4 Å². The van der Waals surface area contributed by atoms with Gasteiger partial charge in [-0.3, -0.25) is 9.59 Å². The summed E-state index contributed by atoms with van der Waals surface area (Å²) in [5, 5.41) is 21.9. The quantitative estimate of drug-likeness (QED) is 0.863. The van der Waals surface area contributed by atoms with Gasteiger partial charge in [0.2, 0.25) is 5.91 Å². The van der Waals surface area contributed by atoms with Gasteiger partial charge in [0.25, 0.3) is 0 Å². The van der Waals surface area contributed by atoms with E-state index >= 15 is 0 Å². The largest absolute Gasteiger partial charge is 0.480 e. The highest BCUT2D eigenvalue weighted by Gasteiger charge is 2.51. The van der Waals surface area contributed by atoms with Gasteiger partial charge in [-0.15, -0.1) is 23.1 Å². The van der Waals surface area contributed by atoms with Gasteiger partial charge in [0.1, 0.15) is 15.8 Å². The molecule has 22 heavy (non-hydrogen) atoms. The zero-order valence-electron chi connectivity index (χ0n) is 12.0. The van der Waals surface area contributed by atoms with Crippen molar-refractivity contribution in [2.24, 2.45) is 0 Å². The number of thiophene rings is 1. The Labute approximate surface area is 136 Å². The highest BCUT2D eigenvalue weighted by molar-refractivity contribution is 8.02. The van der Waals surface area contributed by atoms with Gasteiger partial charge >= 0.3 is 5.97 Å². The minimum atomic E-state index is -0.838. The Morgan fingerprint density at radius 1 is 1.36 bits per heavy atom. The first kappa shape index (κ1) is 15.4. The molecule has 0 aromatic carbocycles. The fourth-order valence-electron chi connectivity index (χ4n) is 2.67. The molecule has 1 aromatic heterocycles. The molecule has 1 heterocycles. The van der Waals surface area contributed by atoms with Crippen LogP contribution in [0.4, 0.5) is 5.00 Å². The second-order valence-electron chi connectivity index (χ2n) is 5.66. The second-order valence-corrected chi connectivity index (χ2v) is 8.13. The molecule has 0 saturated heterocycles. The number of nitrogens with zero attached hydrogens (tertiary/aromatic N) is 1. The Morgan fingerprint density at radius 2 is 2.09 bits per heavy atom. The first-order valence-corrected chi connectivity index (χ1v) is 9.08. The van der Waals surface area contributed by atoms with Crippen LogP contribution in [0.1, 0.15) is 41.7 Å². The summed E-state index contributed by atoms with van der Waals surface area (Å²) in [6, 6.07) is 2.21. The van der Waals surface area contributed by atoms with Gasteiger partial charge in [-0.2, -0.15) is 5.26 Å². The summed E-state index contributed by atoms with van der Waals surface area (Å²) in [5.74, 6) is -0.957. The molecule has 0 spiro atoms. The first-order valence-electron chi connectivity index (χ1n) is 7.27. The molecule has 1 fully saturated rings. The normalized spacial score (nSPS) is 18.1. The predicted molar refractivity (Wildman–Crippen MR) is 86.4 cm³/mol. The van der Waals surface area contributed by atoms with Crippen LogP contribution in [-0.4, -0.2) is 27.5 Å². The lowest BCUT2D eigenvalue weighted by Crippen LogP contribution is -2.22. The van der Waals surface area contributed by atoms with E-state index in [0.29, 0.717) is 23.4 Å². The lowest BCUT2D eigenvalue weighted by Gasteiger charge is -2.09. The van der Waals surface area contributed by atoms with Crippen LogP contribution in [-0.2, 0) is 22.4 Å². The molecule has 5 nitrogen and oxygen atoms in total. The molecule has 0 radical (unpaired) electrons. The zero-order chi connectivity index (χ0) is 15.7. The van der Waals surface area contributed by atoms with E-state index in [-0.39, 0.29) is 11.7 Å². The number of nitriles is 1. The van der Waals surface area contributed by atoms with Gasteiger partial charge in [0.05, 0.1) is 11.3 Å². The van der Waals surface area contributed by atoms with Crippen molar-refractivity contribution >= 4 is 40.0 Å². The SMILES string of the molecule is N#Cc1c(NC(=O)CSC2(C(=O)O)CC2)sc2c1CCCC2. The van der Waals surface area contributed by atoms with Crippen LogP contribution < -0.4 is 5.32 Å². The average Bonchev–Trinajstić information content (AvgIpc) is 3.21. The highest BCUT2D eigenvalue weighted by Crippen LogP contribution is 2.48. The van der Waals surface area contributed by atoms with Crippen molar-refractivity contribution in [3.63, 3.8) is 0 Å². The average molecular weight is 336 g/mol. The Kier molecular flexibility index (Phi) is 4.15. The molecule has 1 amide bonds. The number of aryl methyl sites for hydroxylation is 1. The molecular weight excluding hydrogens is 320 g/mol. The molecule has 0 atom stereocenters. The van der Waals surface area contributed by atoms with Crippen LogP contribution in [0.3, 0.4) is 0 Å². The van der Waals surface area contributed by atoms with Crippen molar-refractivity contribution in [2.75, 3.05) is 11.1 Å². The van der Waals surface area contributed by atoms with Crippen molar-refractivity contribution in [1.29, 1.82) is 5.26 Å². The third-order valence-electron chi connectivity index (χ3n) is 4.11. The number of hydrogen-bond donors (Lipinski definition) is 2. The maximum absolute atomic E-state index is 12.1. The molecule has 1 aromatic rings. The summed E-state index contributed by atoms with van der Waals surface area (Å²) >= 11 is 2.67. The molecule has 2 N–H and O–H groups in total.